The van der Waals surface area contributed by atoms with E-state index in [1.807, 2.05) is 6.92 Å². The van der Waals surface area contributed by atoms with Crippen molar-refractivity contribution in [3.05, 3.63) is 35.4 Å². The minimum absolute atomic E-state index is 0.0394. The molecule has 4 saturated carbocycles. The van der Waals surface area contributed by atoms with Crippen molar-refractivity contribution < 1.29 is 13.6 Å². The van der Waals surface area contributed by atoms with Gasteiger partial charge in [-0.2, -0.15) is 0 Å². The quantitative estimate of drug-likeness (QED) is 0.884. The van der Waals surface area contributed by atoms with Gasteiger partial charge in [-0.05, 0) is 80.8 Å². The van der Waals surface area contributed by atoms with Gasteiger partial charge in [0.25, 0.3) is 5.91 Å². The average Bonchev–Trinajstić information content (AvgIpc) is 2.45. The fourth-order valence-electron chi connectivity index (χ4n) is 5.84. The van der Waals surface area contributed by atoms with Crippen molar-refractivity contribution in [1.82, 2.24) is 5.32 Å². The van der Waals surface area contributed by atoms with E-state index in [0.29, 0.717) is 0 Å². The molecule has 0 saturated heterocycles. The molecule has 0 radical (unpaired) electrons. The second kappa shape index (κ2) is 5.29. The Kier molecular flexibility index (Phi) is 3.47. The van der Waals surface area contributed by atoms with Gasteiger partial charge in [-0.25, -0.2) is 8.78 Å². The van der Waals surface area contributed by atoms with Crippen LogP contribution in [0.1, 0.15) is 55.8 Å². The monoisotopic (exact) mass is 319 g/mol. The molecule has 2 nitrogen and oxygen atoms in total. The molecule has 4 aliphatic carbocycles. The summed E-state index contributed by atoms with van der Waals surface area (Å²) in [7, 11) is 0. The van der Waals surface area contributed by atoms with Crippen LogP contribution in [0, 0.1) is 34.8 Å². The minimum Gasteiger partial charge on any atom is -0.349 e. The summed E-state index contributed by atoms with van der Waals surface area (Å²) in [6.45, 7) is 2.02. The molecule has 4 fully saturated rings. The molecule has 1 atom stereocenters. The zero-order valence-corrected chi connectivity index (χ0v) is 13.4. The third-order valence-electron chi connectivity index (χ3n) is 6.54. The Labute approximate surface area is 135 Å². The number of halogens is 2. The lowest BCUT2D eigenvalue weighted by Gasteiger charge is -2.59. The predicted octanol–water partition coefficient (Wildman–Crippen LogP) is 4.30. The highest BCUT2D eigenvalue weighted by molar-refractivity contribution is 5.95. The van der Waals surface area contributed by atoms with Gasteiger partial charge in [-0.15, -0.1) is 0 Å². The third kappa shape index (κ3) is 2.47. The van der Waals surface area contributed by atoms with Gasteiger partial charge in [0, 0.05) is 6.04 Å². The molecular formula is C19H23F2NO. The number of carbonyl (C=O) groups is 1. The van der Waals surface area contributed by atoms with E-state index in [0.717, 1.165) is 49.1 Å². The van der Waals surface area contributed by atoms with Crippen LogP contribution >= 0.6 is 0 Å². The van der Waals surface area contributed by atoms with Crippen LogP contribution in [0.3, 0.4) is 0 Å². The second-order valence-corrected chi connectivity index (χ2v) is 8.07. The first-order valence-corrected chi connectivity index (χ1v) is 8.72. The molecule has 23 heavy (non-hydrogen) atoms. The van der Waals surface area contributed by atoms with E-state index in [9.17, 15) is 13.6 Å². The zero-order valence-electron chi connectivity index (χ0n) is 13.4. The van der Waals surface area contributed by atoms with Gasteiger partial charge in [0.05, 0.1) is 0 Å². The number of rotatable bonds is 3. The molecule has 0 spiro atoms. The number of hydrogen-bond acceptors (Lipinski definition) is 1. The van der Waals surface area contributed by atoms with E-state index >= 15 is 0 Å². The molecule has 4 bridgehead atoms. The summed E-state index contributed by atoms with van der Waals surface area (Å²) in [5.74, 6) is 0.145. The van der Waals surface area contributed by atoms with Crippen LogP contribution in [0.2, 0.25) is 0 Å². The Morgan fingerprint density at radius 3 is 2.04 bits per heavy atom. The lowest BCUT2D eigenvalue weighted by Crippen LogP contribution is -2.55. The van der Waals surface area contributed by atoms with Crippen LogP contribution in [0.5, 0.6) is 0 Å². The summed E-state index contributed by atoms with van der Waals surface area (Å²) >= 11 is 0. The molecule has 4 heteroatoms. The Bertz CT molecular complexity index is 587. The van der Waals surface area contributed by atoms with Gasteiger partial charge >= 0.3 is 0 Å². The normalized spacial score (nSPS) is 36.0. The highest BCUT2D eigenvalue weighted by Gasteiger charge is 2.53. The van der Waals surface area contributed by atoms with Crippen molar-refractivity contribution in [3.63, 3.8) is 0 Å². The van der Waals surface area contributed by atoms with Crippen LogP contribution < -0.4 is 5.32 Å². The summed E-state index contributed by atoms with van der Waals surface area (Å²) in [5.41, 5.74) is -0.323. The largest absolute Gasteiger partial charge is 0.349 e. The first-order chi connectivity index (χ1) is 11.0. The molecule has 1 N–H and O–H groups in total. The van der Waals surface area contributed by atoms with Gasteiger partial charge in [-0.1, -0.05) is 6.07 Å². The van der Waals surface area contributed by atoms with E-state index in [1.165, 1.54) is 25.3 Å². The third-order valence-corrected chi connectivity index (χ3v) is 6.54. The standard InChI is InChI=1S/C19H23F2NO/c1-11(22-18(23)17-15(20)3-2-4-16(17)21)19-8-12-5-13(9-19)7-14(6-12)10-19/h2-4,11-14H,5-10H2,1H3,(H,22,23)/t11-,12?,13?,14?,19?/m0/s1. The van der Waals surface area contributed by atoms with Crippen molar-refractivity contribution in [2.24, 2.45) is 23.2 Å². The fraction of sp³-hybridized carbons (Fsp3) is 0.632. The predicted molar refractivity (Wildman–Crippen MR) is 83.9 cm³/mol. The van der Waals surface area contributed by atoms with Gasteiger partial charge in [0.1, 0.15) is 17.2 Å². The summed E-state index contributed by atoms with van der Waals surface area (Å²) < 4.78 is 27.6. The number of hydrogen-bond donors (Lipinski definition) is 1. The fourth-order valence-corrected chi connectivity index (χ4v) is 5.84. The zero-order chi connectivity index (χ0) is 16.2. The number of benzene rings is 1. The number of nitrogens with one attached hydrogen (secondary N) is 1. The van der Waals surface area contributed by atoms with Crippen molar-refractivity contribution in [2.75, 3.05) is 0 Å². The maximum atomic E-state index is 13.8. The first kappa shape index (κ1) is 15.1. The Balaban J connectivity index is 1.54. The molecular weight excluding hydrogens is 296 g/mol. The molecule has 0 unspecified atom stereocenters. The van der Waals surface area contributed by atoms with Crippen LogP contribution in [-0.4, -0.2) is 11.9 Å². The molecule has 1 aromatic rings. The highest BCUT2D eigenvalue weighted by Crippen LogP contribution is 2.61. The number of carbonyl (C=O) groups excluding carboxylic acids is 1. The van der Waals surface area contributed by atoms with Gasteiger partial charge < -0.3 is 5.32 Å². The highest BCUT2D eigenvalue weighted by atomic mass is 19.1. The molecule has 124 valence electrons. The summed E-state index contributed by atoms with van der Waals surface area (Å²) in [6, 6.07) is 3.51. The Morgan fingerprint density at radius 2 is 1.57 bits per heavy atom. The van der Waals surface area contributed by atoms with E-state index in [4.69, 9.17) is 0 Å². The van der Waals surface area contributed by atoms with Crippen molar-refractivity contribution in [2.45, 2.75) is 51.5 Å². The Morgan fingerprint density at radius 1 is 1.09 bits per heavy atom. The van der Waals surface area contributed by atoms with Crippen LogP contribution in [0.4, 0.5) is 8.78 Å². The maximum Gasteiger partial charge on any atom is 0.257 e. The van der Waals surface area contributed by atoms with Crippen LogP contribution in [0.15, 0.2) is 18.2 Å². The van der Waals surface area contributed by atoms with E-state index in [-0.39, 0.29) is 11.5 Å². The molecule has 5 rings (SSSR count). The topological polar surface area (TPSA) is 29.1 Å². The molecule has 0 heterocycles. The van der Waals surface area contributed by atoms with Crippen LogP contribution in [0.25, 0.3) is 0 Å². The molecule has 4 aliphatic rings. The van der Waals surface area contributed by atoms with Crippen molar-refractivity contribution >= 4 is 5.91 Å². The summed E-state index contributed by atoms with van der Waals surface area (Å²) in [6.07, 6.45) is 7.46. The van der Waals surface area contributed by atoms with Crippen molar-refractivity contribution in [3.8, 4) is 0 Å². The van der Waals surface area contributed by atoms with Crippen LogP contribution in [-0.2, 0) is 0 Å². The Hall–Kier alpha value is -1.45. The molecule has 1 amide bonds. The smallest absolute Gasteiger partial charge is 0.257 e. The van der Waals surface area contributed by atoms with E-state index in [2.05, 4.69) is 5.32 Å². The second-order valence-electron chi connectivity index (χ2n) is 8.07. The minimum atomic E-state index is -0.791. The van der Waals surface area contributed by atoms with Gasteiger partial charge in [0.2, 0.25) is 0 Å². The molecule has 1 aromatic carbocycles. The SMILES string of the molecule is C[C@H](NC(=O)c1c(F)cccc1F)C12CC3CC(CC(C3)C1)C2. The van der Waals surface area contributed by atoms with E-state index < -0.39 is 23.1 Å². The summed E-state index contributed by atoms with van der Waals surface area (Å²) in [5, 5.41) is 2.92. The average molecular weight is 319 g/mol. The van der Waals surface area contributed by atoms with Gasteiger partial charge in [0.15, 0.2) is 0 Å². The van der Waals surface area contributed by atoms with E-state index in [1.54, 1.807) is 0 Å². The molecule has 0 aliphatic heterocycles. The molecule has 0 aromatic heterocycles. The van der Waals surface area contributed by atoms with Crippen molar-refractivity contribution in [1.29, 1.82) is 0 Å². The lowest BCUT2D eigenvalue weighted by molar-refractivity contribution is -0.0688. The lowest BCUT2D eigenvalue weighted by atomic mass is 9.48. The van der Waals surface area contributed by atoms with Gasteiger partial charge in [-0.3, -0.25) is 4.79 Å². The maximum absolute atomic E-state index is 13.8. The first-order valence-electron chi connectivity index (χ1n) is 8.72. The number of amides is 1. The summed E-state index contributed by atoms with van der Waals surface area (Å²) in [4.78, 5) is 12.4.